The molecule has 0 bridgehead atoms. The molecule has 0 spiro atoms. The number of aliphatic hydroxyl groups excluding tert-OH is 1. The Bertz CT molecular complexity index is 739. The van der Waals surface area contributed by atoms with E-state index in [-0.39, 0.29) is 27.0 Å². The number of aromatic nitrogens is 2. The van der Waals surface area contributed by atoms with Crippen molar-refractivity contribution in [2.45, 2.75) is 18.0 Å². The van der Waals surface area contributed by atoms with Crippen molar-refractivity contribution in [3.8, 4) is 0 Å². The van der Waals surface area contributed by atoms with Gasteiger partial charge in [0, 0.05) is 16.8 Å². The number of aliphatic hydroxyl groups is 1. The highest BCUT2D eigenvalue weighted by Gasteiger charge is 2.21. The molecule has 6 nitrogen and oxygen atoms in total. The van der Waals surface area contributed by atoms with Gasteiger partial charge in [-0.25, -0.2) is 13.1 Å². The molecule has 0 aliphatic heterocycles. The Morgan fingerprint density at radius 1 is 1.24 bits per heavy atom. The van der Waals surface area contributed by atoms with E-state index in [2.05, 4.69) is 14.9 Å². The standard InChI is InChI=1S/C12H11Cl2N3O3S/c13-10-3-4-11(12(14)9(10)7-18)21(19,20)16-6-8-2-1-5-15-17-8/h1-5,16,18H,6-7H2. The lowest BCUT2D eigenvalue weighted by Gasteiger charge is -2.11. The van der Waals surface area contributed by atoms with Crippen molar-refractivity contribution in [2.75, 3.05) is 0 Å². The van der Waals surface area contributed by atoms with Crippen molar-refractivity contribution in [2.24, 2.45) is 0 Å². The first-order chi connectivity index (χ1) is 9.95. The minimum Gasteiger partial charge on any atom is -0.392 e. The number of benzene rings is 1. The van der Waals surface area contributed by atoms with Crippen LogP contribution in [0.2, 0.25) is 10.0 Å². The smallest absolute Gasteiger partial charge is 0.242 e. The Morgan fingerprint density at radius 3 is 2.62 bits per heavy atom. The average molecular weight is 348 g/mol. The summed E-state index contributed by atoms with van der Waals surface area (Å²) in [5.74, 6) is 0. The molecule has 9 heteroatoms. The van der Waals surface area contributed by atoms with Gasteiger partial charge in [0.05, 0.1) is 23.9 Å². The first kappa shape index (κ1) is 16.1. The molecule has 0 radical (unpaired) electrons. The van der Waals surface area contributed by atoms with Gasteiger partial charge in [0.15, 0.2) is 0 Å². The molecule has 0 atom stereocenters. The fourth-order valence-electron chi connectivity index (χ4n) is 1.60. The van der Waals surface area contributed by atoms with Crippen molar-refractivity contribution in [3.63, 3.8) is 0 Å². The summed E-state index contributed by atoms with van der Waals surface area (Å²) in [4.78, 5) is -0.151. The maximum atomic E-state index is 12.2. The second-order valence-corrected chi connectivity index (χ2v) is 6.56. The fourth-order valence-corrected chi connectivity index (χ4v) is 3.50. The van der Waals surface area contributed by atoms with E-state index in [1.807, 2.05) is 0 Å². The van der Waals surface area contributed by atoms with E-state index in [4.69, 9.17) is 23.2 Å². The van der Waals surface area contributed by atoms with Gasteiger partial charge in [0.2, 0.25) is 10.0 Å². The summed E-state index contributed by atoms with van der Waals surface area (Å²) in [6.07, 6.45) is 1.49. The van der Waals surface area contributed by atoms with Gasteiger partial charge in [-0.2, -0.15) is 10.2 Å². The van der Waals surface area contributed by atoms with Crippen LogP contribution in [-0.4, -0.2) is 23.7 Å². The van der Waals surface area contributed by atoms with Crippen molar-refractivity contribution >= 4 is 33.2 Å². The van der Waals surface area contributed by atoms with Crippen LogP contribution >= 0.6 is 23.2 Å². The van der Waals surface area contributed by atoms with Gasteiger partial charge in [-0.1, -0.05) is 23.2 Å². The Morgan fingerprint density at radius 2 is 2.00 bits per heavy atom. The van der Waals surface area contributed by atoms with Crippen LogP contribution in [0.15, 0.2) is 35.4 Å². The predicted molar refractivity (Wildman–Crippen MR) is 78.4 cm³/mol. The van der Waals surface area contributed by atoms with Crippen LogP contribution in [0, 0.1) is 0 Å². The zero-order valence-corrected chi connectivity index (χ0v) is 13.0. The first-order valence-corrected chi connectivity index (χ1v) is 8.03. The van der Waals surface area contributed by atoms with E-state index in [0.29, 0.717) is 5.69 Å². The third-order valence-corrected chi connectivity index (χ3v) is 5.01. The fraction of sp³-hybridized carbons (Fsp3) is 0.167. The van der Waals surface area contributed by atoms with E-state index < -0.39 is 16.6 Å². The van der Waals surface area contributed by atoms with Crippen LogP contribution in [0.4, 0.5) is 0 Å². The van der Waals surface area contributed by atoms with Gasteiger partial charge in [-0.3, -0.25) is 0 Å². The molecule has 21 heavy (non-hydrogen) atoms. The SMILES string of the molecule is O=S(=O)(NCc1cccnn1)c1ccc(Cl)c(CO)c1Cl. The van der Waals surface area contributed by atoms with Gasteiger partial charge < -0.3 is 5.11 Å². The highest BCUT2D eigenvalue weighted by molar-refractivity contribution is 7.89. The lowest BCUT2D eigenvalue weighted by atomic mass is 10.2. The molecule has 2 rings (SSSR count). The molecule has 0 aliphatic rings. The molecule has 0 saturated heterocycles. The molecule has 2 aromatic rings. The number of hydrogen-bond acceptors (Lipinski definition) is 5. The summed E-state index contributed by atoms with van der Waals surface area (Å²) in [5.41, 5.74) is 0.634. The molecule has 1 heterocycles. The minimum absolute atomic E-state index is 0.0242. The van der Waals surface area contributed by atoms with Crippen molar-refractivity contribution in [3.05, 3.63) is 51.8 Å². The second kappa shape index (κ2) is 6.67. The molecule has 2 N–H and O–H groups in total. The second-order valence-electron chi connectivity index (χ2n) is 4.04. The van der Waals surface area contributed by atoms with Crippen LogP contribution in [0.1, 0.15) is 11.3 Å². The molecule has 0 saturated carbocycles. The Balaban J connectivity index is 2.28. The Labute approximate surface area is 131 Å². The summed E-state index contributed by atoms with van der Waals surface area (Å²) < 4.78 is 26.8. The molecule has 1 aromatic heterocycles. The van der Waals surface area contributed by atoms with E-state index >= 15 is 0 Å². The maximum Gasteiger partial charge on any atom is 0.242 e. The summed E-state index contributed by atoms with van der Waals surface area (Å²) in [7, 11) is -3.86. The minimum atomic E-state index is -3.86. The Hall–Kier alpha value is -1.25. The van der Waals surface area contributed by atoms with E-state index in [1.165, 1.54) is 18.3 Å². The average Bonchev–Trinajstić information content (AvgIpc) is 2.46. The molecular formula is C12H11Cl2N3O3S. The monoisotopic (exact) mass is 347 g/mol. The molecule has 0 unspecified atom stereocenters. The van der Waals surface area contributed by atoms with E-state index in [1.54, 1.807) is 12.1 Å². The summed E-state index contributed by atoms with van der Waals surface area (Å²) >= 11 is 11.8. The number of rotatable bonds is 5. The van der Waals surface area contributed by atoms with E-state index in [0.717, 1.165) is 0 Å². The molecule has 0 aliphatic carbocycles. The quantitative estimate of drug-likeness (QED) is 0.859. The lowest BCUT2D eigenvalue weighted by Crippen LogP contribution is -2.24. The summed E-state index contributed by atoms with van der Waals surface area (Å²) in [6.45, 7) is -0.477. The van der Waals surface area contributed by atoms with Gasteiger partial charge in [-0.05, 0) is 24.3 Å². The lowest BCUT2D eigenvalue weighted by molar-refractivity contribution is 0.281. The van der Waals surface area contributed by atoms with Crippen LogP contribution in [0.5, 0.6) is 0 Å². The zero-order valence-electron chi connectivity index (χ0n) is 10.6. The van der Waals surface area contributed by atoms with Crippen LogP contribution < -0.4 is 4.72 Å². The van der Waals surface area contributed by atoms with Crippen molar-refractivity contribution in [1.82, 2.24) is 14.9 Å². The molecule has 112 valence electrons. The normalized spacial score (nSPS) is 11.6. The third kappa shape index (κ3) is 3.69. The van der Waals surface area contributed by atoms with Gasteiger partial charge in [0.1, 0.15) is 4.90 Å². The van der Waals surface area contributed by atoms with Crippen molar-refractivity contribution < 1.29 is 13.5 Å². The van der Waals surface area contributed by atoms with Gasteiger partial charge in [-0.15, -0.1) is 0 Å². The Kier molecular flexibility index (Phi) is 5.13. The predicted octanol–water partition coefficient (Wildman–Crippen LogP) is 1.75. The van der Waals surface area contributed by atoms with E-state index in [9.17, 15) is 13.5 Å². The molecule has 0 fully saturated rings. The number of sulfonamides is 1. The van der Waals surface area contributed by atoms with Gasteiger partial charge >= 0.3 is 0 Å². The summed E-state index contributed by atoms with van der Waals surface area (Å²) in [5, 5.41) is 16.7. The topological polar surface area (TPSA) is 92.2 Å². The van der Waals surface area contributed by atoms with Crippen LogP contribution in [0.3, 0.4) is 0 Å². The number of hydrogen-bond donors (Lipinski definition) is 2. The zero-order chi connectivity index (χ0) is 15.5. The van der Waals surface area contributed by atoms with Crippen molar-refractivity contribution in [1.29, 1.82) is 0 Å². The molecule has 1 aromatic carbocycles. The number of nitrogens with zero attached hydrogens (tertiary/aromatic N) is 2. The highest BCUT2D eigenvalue weighted by Crippen LogP contribution is 2.31. The largest absolute Gasteiger partial charge is 0.392 e. The van der Waals surface area contributed by atoms with Gasteiger partial charge in [0.25, 0.3) is 0 Å². The third-order valence-electron chi connectivity index (χ3n) is 2.67. The number of nitrogens with one attached hydrogen (secondary N) is 1. The van der Waals surface area contributed by atoms with Crippen LogP contribution in [-0.2, 0) is 23.2 Å². The first-order valence-electron chi connectivity index (χ1n) is 5.79. The maximum absolute atomic E-state index is 12.2. The summed E-state index contributed by atoms with van der Waals surface area (Å²) in [6, 6.07) is 5.94. The molecule has 0 amide bonds. The van der Waals surface area contributed by atoms with Crippen LogP contribution in [0.25, 0.3) is 0 Å². The number of halogens is 2. The highest BCUT2D eigenvalue weighted by atomic mass is 35.5. The molecular weight excluding hydrogens is 337 g/mol.